The van der Waals surface area contributed by atoms with Gasteiger partial charge < -0.3 is 14.2 Å². The molecule has 1 fully saturated rings. The minimum Gasteiger partial charge on any atom is -0.473 e. The van der Waals surface area contributed by atoms with E-state index < -0.39 is 0 Å². The number of nitrogens with one attached hydrogen (secondary N) is 2. The van der Waals surface area contributed by atoms with Crippen molar-refractivity contribution in [3.05, 3.63) is 36.8 Å². The summed E-state index contributed by atoms with van der Waals surface area (Å²) in [6.45, 7) is 4.94. The first-order chi connectivity index (χ1) is 15.9. The van der Waals surface area contributed by atoms with E-state index in [1.54, 1.807) is 23.0 Å². The Bertz CT molecular complexity index is 1150. The average Bonchev–Trinajstić information content (AvgIpc) is 3.17. The third-order valence-corrected chi connectivity index (χ3v) is 6.69. The predicted molar refractivity (Wildman–Crippen MR) is 132 cm³/mol. The number of carbonyl (C=O) groups is 1. The molecule has 4 rings (SSSR count). The maximum Gasteiger partial charge on any atom is 0.322 e. The van der Waals surface area contributed by atoms with Gasteiger partial charge in [0.2, 0.25) is 5.88 Å². The number of amides is 2. The Labute approximate surface area is 198 Å². The molecule has 174 valence electrons. The van der Waals surface area contributed by atoms with Gasteiger partial charge in [-0.05, 0) is 24.0 Å². The van der Waals surface area contributed by atoms with Crippen molar-refractivity contribution in [3.8, 4) is 17.0 Å². The summed E-state index contributed by atoms with van der Waals surface area (Å²) < 4.78 is 8.32. The van der Waals surface area contributed by atoms with Crippen molar-refractivity contribution < 1.29 is 9.53 Å². The van der Waals surface area contributed by atoms with Crippen LogP contribution in [0.25, 0.3) is 22.2 Å². The molecule has 33 heavy (non-hydrogen) atoms. The fraction of sp³-hybridized carbons (Fsp3) is 0.417. The Balaban J connectivity index is 1.47. The molecule has 9 heteroatoms. The van der Waals surface area contributed by atoms with Gasteiger partial charge in [-0.15, -0.1) is 11.8 Å². The van der Waals surface area contributed by atoms with Crippen LogP contribution in [0.15, 0.2) is 41.7 Å². The van der Waals surface area contributed by atoms with E-state index in [1.807, 2.05) is 25.5 Å². The van der Waals surface area contributed by atoms with E-state index in [2.05, 4.69) is 52.0 Å². The molecule has 0 spiro atoms. The first-order valence-electron chi connectivity index (χ1n) is 11.1. The molecule has 0 saturated carbocycles. The van der Waals surface area contributed by atoms with Crippen molar-refractivity contribution in [2.75, 3.05) is 19.3 Å². The van der Waals surface area contributed by atoms with Crippen molar-refractivity contribution in [1.29, 1.82) is 5.41 Å². The van der Waals surface area contributed by atoms with Gasteiger partial charge in [-0.1, -0.05) is 26.0 Å². The molecule has 0 radical (unpaired) electrons. The first-order valence-corrected chi connectivity index (χ1v) is 12.3. The number of hydrogen-bond acceptors (Lipinski definition) is 6. The number of likely N-dealkylation sites (tertiary alicyclic amines) is 1. The van der Waals surface area contributed by atoms with Crippen LogP contribution in [-0.2, 0) is 7.05 Å². The Hall–Kier alpha value is -3.07. The van der Waals surface area contributed by atoms with Crippen LogP contribution in [0.5, 0.6) is 5.88 Å². The topological polar surface area (TPSA) is 96.1 Å². The molecule has 3 aromatic rings. The Kier molecular flexibility index (Phi) is 6.88. The lowest BCUT2D eigenvalue weighted by molar-refractivity contribution is 0.110. The number of aryl methyl sites for hydroxylation is 1. The van der Waals surface area contributed by atoms with Crippen molar-refractivity contribution in [3.63, 3.8) is 0 Å². The van der Waals surface area contributed by atoms with E-state index in [0.29, 0.717) is 31.8 Å². The minimum atomic E-state index is -0.212. The molecule has 0 atom stereocenters. The normalized spacial score (nSPS) is 14.6. The van der Waals surface area contributed by atoms with Crippen LogP contribution < -0.4 is 10.1 Å². The Morgan fingerprint density at radius 1 is 1.21 bits per heavy atom. The molecule has 0 aliphatic carbocycles. The van der Waals surface area contributed by atoms with Crippen LogP contribution in [0.4, 0.5) is 4.79 Å². The molecular formula is C24H30N6O2S. The van der Waals surface area contributed by atoms with Crippen LogP contribution in [0, 0.1) is 11.3 Å². The zero-order chi connectivity index (χ0) is 23.5. The van der Waals surface area contributed by atoms with Crippen LogP contribution in [-0.4, -0.2) is 56.8 Å². The number of amidine groups is 1. The number of hydrogen-bond donors (Lipinski definition) is 2. The van der Waals surface area contributed by atoms with Gasteiger partial charge >= 0.3 is 6.03 Å². The summed E-state index contributed by atoms with van der Waals surface area (Å²) in [5, 5.41) is 10.5. The zero-order valence-corrected chi connectivity index (χ0v) is 20.3. The third-order valence-electron chi connectivity index (χ3n) is 5.95. The lowest BCUT2D eigenvalue weighted by Crippen LogP contribution is -2.48. The van der Waals surface area contributed by atoms with Crippen molar-refractivity contribution >= 4 is 34.7 Å². The van der Waals surface area contributed by atoms with Gasteiger partial charge in [0, 0.05) is 55.6 Å². The second-order valence-corrected chi connectivity index (χ2v) is 9.44. The Morgan fingerprint density at radius 2 is 1.91 bits per heavy atom. The zero-order valence-electron chi connectivity index (χ0n) is 19.5. The fourth-order valence-electron chi connectivity index (χ4n) is 3.94. The molecule has 1 aromatic carbocycles. The summed E-state index contributed by atoms with van der Waals surface area (Å²) in [7, 11) is 1.98. The molecule has 1 aliphatic heterocycles. The standard InChI is InChI=1S/C24H30N6O2S/c1-15(2)22(25)28-24(31)30-11-9-17(10-12-30)32-23-21-20(26-14-27-23)19(13-29(21)3)16-5-7-18(33-4)8-6-16/h5-8,13-15,17H,9-12H2,1-4H3,(H2,25,28,31). The minimum absolute atomic E-state index is 0.00589. The molecule has 0 unspecified atom stereocenters. The molecule has 1 saturated heterocycles. The largest absolute Gasteiger partial charge is 0.473 e. The number of carbonyl (C=O) groups excluding carboxylic acids is 1. The molecule has 2 aromatic heterocycles. The lowest BCUT2D eigenvalue weighted by Gasteiger charge is -2.32. The smallest absolute Gasteiger partial charge is 0.322 e. The molecular weight excluding hydrogens is 436 g/mol. The molecule has 3 heterocycles. The highest BCUT2D eigenvalue weighted by Crippen LogP contribution is 2.34. The molecule has 2 N–H and O–H groups in total. The van der Waals surface area contributed by atoms with Crippen molar-refractivity contribution in [2.24, 2.45) is 13.0 Å². The highest BCUT2D eigenvalue weighted by atomic mass is 32.2. The Morgan fingerprint density at radius 3 is 2.55 bits per heavy atom. The van der Waals surface area contributed by atoms with Crippen molar-refractivity contribution in [2.45, 2.75) is 37.7 Å². The second kappa shape index (κ2) is 9.82. The number of aromatic nitrogens is 3. The van der Waals surface area contributed by atoms with E-state index in [1.165, 1.54) is 4.90 Å². The summed E-state index contributed by atoms with van der Waals surface area (Å²) >= 11 is 1.72. The van der Waals surface area contributed by atoms with E-state index >= 15 is 0 Å². The first kappa shape index (κ1) is 23.1. The van der Waals surface area contributed by atoms with Gasteiger partial charge in [-0.3, -0.25) is 10.7 Å². The molecule has 0 bridgehead atoms. The average molecular weight is 467 g/mol. The summed E-state index contributed by atoms with van der Waals surface area (Å²) in [6.07, 6.45) is 7.07. The van der Waals surface area contributed by atoms with E-state index in [4.69, 9.17) is 10.1 Å². The monoisotopic (exact) mass is 466 g/mol. The number of nitrogens with zero attached hydrogens (tertiary/aromatic N) is 4. The number of benzene rings is 1. The maximum atomic E-state index is 12.4. The second-order valence-electron chi connectivity index (χ2n) is 8.56. The summed E-state index contributed by atoms with van der Waals surface area (Å²) in [5.41, 5.74) is 3.89. The highest BCUT2D eigenvalue weighted by molar-refractivity contribution is 7.98. The van der Waals surface area contributed by atoms with E-state index in [-0.39, 0.29) is 23.9 Å². The summed E-state index contributed by atoms with van der Waals surface area (Å²) in [5.74, 6) is 0.803. The van der Waals surface area contributed by atoms with Gasteiger partial charge in [0.25, 0.3) is 0 Å². The van der Waals surface area contributed by atoms with Gasteiger partial charge in [0.15, 0.2) is 0 Å². The molecule has 2 amide bonds. The fourth-order valence-corrected chi connectivity index (χ4v) is 4.35. The number of thioether (sulfide) groups is 1. The van der Waals surface area contributed by atoms with Crippen molar-refractivity contribution in [1.82, 2.24) is 24.8 Å². The third kappa shape index (κ3) is 4.98. The van der Waals surface area contributed by atoms with Crippen LogP contribution in [0.2, 0.25) is 0 Å². The quantitative estimate of drug-likeness (QED) is 0.327. The number of urea groups is 1. The highest BCUT2D eigenvalue weighted by Gasteiger charge is 2.26. The van der Waals surface area contributed by atoms with Crippen LogP contribution in [0.3, 0.4) is 0 Å². The molecule has 1 aliphatic rings. The number of rotatable bonds is 5. The number of piperidine rings is 1. The van der Waals surface area contributed by atoms with E-state index in [0.717, 1.165) is 22.2 Å². The predicted octanol–water partition coefficient (Wildman–Crippen LogP) is 4.54. The molecule has 8 nitrogen and oxygen atoms in total. The van der Waals surface area contributed by atoms with Gasteiger partial charge in [0.1, 0.15) is 29.3 Å². The number of fused-ring (bicyclic) bond motifs is 1. The van der Waals surface area contributed by atoms with Gasteiger partial charge in [-0.25, -0.2) is 9.78 Å². The summed E-state index contributed by atoms with van der Waals surface area (Å²) in [6, 6.07) is 8.25. The van der Waals surface area contributed by atoms with E-state index in [9.17, 15) is 4.79 Å². The van der Waals surface area contributed by atoms with Crippen LogP contribution in [0.1, 0.15) is 26.7 Å². The number of ether oxygens (including phenoxy) is 1. The van der Waals surface area contributed by atoms with Gasteiger partial charge in [0.05, 0.1) is 0 Å². The maximum absolute atomic E-state index is 12.4. The SMILES string of the molecule is CSc1ccc(-c2cn(C)c3c(OC4CCN(C(=O)NC(=N)C(C)C)CC4)ncnc23)cc1. The summed E-state index contributed by atoms with van der Waals surface area (Å²) in [4.78, 5) is 24.3. The van der Waals surface area contributed by atoms with Gasteiger partial charge in [-0.2, -0.15) is 4.98 Å². The lowest BCUT2D eigenvalue weighted by atomic mass is 10.1. The van der Waals surface area contributed by atoms with Crippen LogP contribution >= 0.6 is 11.8 Å².